The highest BCUT2D eigenvalue weighted by Crippen LogP contribution is 2.17. The van der Waals surface area contributed by atoms with Crippen LogP contribution in [-0.4, -0.2) is 21.8 Å². The van der Waals surface area contributed by atoms with Gasteiger partial charge in [-0.3, -0.25) is 9.59 Å². The van der Waals surface area contributed by atoms with Crippen molar-refractivity contribution in [2.45, 2.75) is 25.7 Å². The van der Waals surface area contributed by atoms with E-state index in [1.54, 1.807) is 5.38 Å². The third-order valence-electron chi connectivity index (χ3n) is 4.02. The molecule has 3 aromatic rings. The van der Waals surface area contributed by atoms with E-state index in [0.717, 1.165) is 17.5 Å². The van der Waals surface area contributed by atoms with Gasteiger partial charge in [-0.05, 0) is 23.1 Å². The lowest BCUT2D eigenvalue weighted by Crippen LogP contribution is -2.09. The van der Waals surface area contributed by atoms with E-state index in [2.05, 4.69) is 23.2 Å². The second-order valence-electron chi connectivity index (χ2n) is 6.13. The molecule has 0 spiro atoms. The monoisotopic (exact) mass is 365 g/mol. The Hall–Kier alpha value is -2.79. The smallest absolute Gasteiger partial charge is 0.309 e. The number of carboxylic acid groups (broad SMARTS) is 1. The number of carbonyl (C=O) groups is 2. The summed E-state index contributed by atoms with van der Waals surface area (Å²) in [7, 11) is 0. The molecule has 0 aliphatic heterocycles. The van der Waals surface area contributed by atoms with Crippen molar-refractivity contribution >= 4 is 23.1 Å². The molecule has 0 saturated carbocycles. The van der Waals surface area contributed by atoms with Crippen molar-refractivity contribution in [1.82, 2.24) is 4.98 Å². The van der Waals surface area contributed by atoms with Crippen LogP contribution in [0.5, 0.6) is 0 Å². The number of hydrogen-bond acceptors (Lipinski definition) is 4. The van der Waals surface area contributed by atoms with Crippen LogP contribution in [0.3, 0.4) is 0 Å². The third kappa shape index (κ3) is 5.10. The zero-order valence-electron chi connectivity index (χ0n) is 14.2. The Morgan fingerprint density at radius 1 is 0.885 bits per heavy atom. The average Bonchev–Trinajstić information content (AvgIpc) is 3.03. The summed E-state index contributed by atoms with van der Waals surface area (Å²) in [4.78, 5) is 27.4. The van der Waals surface area contributed by atoms with Crippen molar-refractivity contribution in [2.24, 2.45) is 0 Å². The first-order valence-electron chi connectivity index (χ1n) is 8.37. The fraction of sp³-hybridized carbons (Fsp3) is 0.190. The molecule has 0 radical (unpaired) electrons. The van der Waals surface area contributed by atoms with Crippen LogP contribution in [0.2, 0.25) is 0 Å². The van der Waals surface area contributed by atoms with Crippen LogP contribution in [0, 0.1) is 0 Å². The van der Waals surface area contributed by atoms with Crippen LogP contribution in [0.15, 0.2) is 60.0 Å². The van der Waals surface area contributed by atoms with Crippen molar-refractivity contribution in [3.8, 4) is 0 Å². The van der Waals surface area contributed by atoms with Gasteiger partial charge >= 0.3 is 5.97 Å². The Morgan fingerprint density at radius 2 is 1.58 bits per heavy atom. The number of aromatic nitrogens is 1. The highest BCUT2D eigenvalue weighted by Gasteiger charge is 2.12. The van der Waals surface area contributed by atoms with Gasteiger partial charge in [-0.1, -0.05) is 54.6 Å². The van der Waals surface area contributed by atoms with Gasteiger partial charge in [0.1, 0.15) is 10.8 Å². The Kier molecular flexibility index (Phi) is 5.92. The molecule has 1 N–H and O–H groups in total. The molecule has 1 aromatic heterocycles. The minimum absolute atomic E-state index is 0.0849. The number of Topliss-reactive ketones (excluding diaryl/α,β-unsaturated/α-hetero) is 1. The van der Waals surface area contributed by atoms with Crippen LogP contribution < -0.4 is 0 Å². The lowest BCUT2D eigenvalue weighted by atomic mass is 9.96. The summed E-state index contributed by atoms with van der Waals surface area (Å²) in [6, 6.07) is 18.2. The van der Waals surface area contributed by atoms with E-state index in [0.29, 0.717) is 17.1 Å². The SMILES string of the molecule is O=C(O)Cc1csc(CC(=O)Cc2ccccc2Cc2ccccc2)n1. The normalized spacial score (nSPS) is 10.6. The molecule has 1 heterocycles. The van der Waals surface area contributed by atoms with Gasteiger partial charge in [0.15, 0.2) is 0 Å². The molecule has 0 amide bonds. The number of benzene rings is 2. The maximum Gasteiger partial charge on any atom is 0.309 e. The Balaban J connectivity index is 1.66. The number of carbonyl (C=O) groups excluding carboxylic acids is 1. The molecular formula is C21H19NO3S. The zero-order chi connectivity index (χ0) is 18.4. The summed E-state index contributed by atoms with van der Waals surface area (Å²) in [6.07, 6.45) is 1.29. The molecule has 26 heavy (non-hydrogen) atoms. The van der Waals surface area contributed by atoms with Crippen LogP contribution >= 0.6 is 11.3 Å². The van der Waals surface area contributed by atoms with E-state index >= 15 is 0 Å². The van der Waals surface area contributed by atoms with Crippen molar-refractivity contribution in [3.05, 3.63) is 87.4 Å². The summed E-state index contributed by atoms with van der Waals surface area (Å²) in [5, 5.41) is 11.2. The molecule has 0 aliphatic rings. The van der Waals surface area contributed by atoms with E-state index in [4.69, 9.17) is 5.11 Å². The first-order valence-corrected chi connectivity index (χ1v) is 9.25. The first-order chi connectivity index (χ1) is 12.6. The van der Waals surface area contributed by atoms with Crippen LogP contribution in [0.25, 0.3) is 0 Å². The maximum atomic E-state index is 12.5. The Morgan fingerprint density at radius 3 is 2.31 bits per heavy atom. The standard InChI is InChI=1S/C21H19NO3S/c23-19(13-20-22-18(14-26-20)12-21(24)25)11-17-9-5-4-8-16(17)10-15-6-2-1-3-7-15/h1-9,14H,10-13H2,(H,24,25). The van der Waals surface area contributed by atoms with Crippen molar-refractivity contribution in [2.75, 3.05) is 0 Å². The lowest BCUT2D eigenvalue weighted by molar-refractivity contribution is -0.136. The number of thiazole rings is 1. The van der Waals surface area contributed by atoms with Gasteiger partial charge in [-0.15, -0.1) is 11.3 Å². The number of carboxylic acids is 1. The summed E-state index contributed by atoms with van der Waals surface area (Å²) < 4.78 is 0. The minimum atomic E-state index is -0.914. The van der Waals surface area contributed by atoms with E-state index < -0.39 is 5.97 Å². The fourth-order valence-corrected chi connectivity index (χ4v) is 3.65. The number of hydrogen-bond donors (Lipinski definition) is 1. The molecule has 4 nitrogen and oxygen atoms in total. The van der Waals surface area contributed by atoms with E-state index in [-0.39, 0.29) is 18.6 Å². The molecule has 0 aliphatic carbocycles. The highest BCUT2D eigenvalue weighted by molar-refractivity contribution is 7.09. The van der Waals surface area contributed by atoms with Crippen LogP contribution in [0.4, 0.5) is 0 Å². The van der Waals surface area contributed by atoms with E-state index in [1.807, 2.05) is 36.4 Å². The summed E-state index contributed by atoms with van der Waals surface area (Å²) in [6.45, 7) is 0. The van der Waals surface area contributed by atoms with Crippen LogP contribution in [0.1, 0.15) is 27.4 Å². The topological polar surface area (TPSA) is 67.3 Å². The quantitative estimate of drug-likeness (QED) is 0.661. The second kappa shape index (κ2) is 8.54. The largest absolute Gasteiger partial charge is 0.481 e. The molecule has 0 bridgehead atoms. The molecule has 132 valence electrons. The van der Waals surface area contributed by atoms with Crippen molar-refractivity contribution in [3.63, 3.8) is 0 Å². The summed E-state index contributed by atoms with van der Waals surface area (Å²) >= 11 is 1.34. The number of nitrogens with zero attached hydrogens (tertiary/aromatic N) is 1. The minimum Gasteiger partial charge on any atom is -0.481 e. The van der Waals surface area contributed by atoms with E-state index in [1.165, 1.54) is 16.9 Å². The molecule has 0 unspecified atom stereocenters. The van der Waals surface area contributed by atoms with Gasteiger partial charge in [0, 0.05) is 11.8 Å². The Bertz CT molecular complexity index is 902. The van der Waals surface area contributed by atoms with Gasteiger partial charge in [-0.2, -0.15) is 0 Å². The van der Waals surface area contributed by atoms with E-state index in [9.17, 15) is 9.59 Å². The molecule has 5 heteroatoms. The van der Waals surface area contributed by atoms with Crippen molar-refractivity contribution < 1.29 is 14.7 Å². The molecule has 2 aromatic carbocycles. The molecule has 3 rings (SSSR count). The molecule has 0 atom stereocenters. The van der Waals surface area contributed by atoms with Gasteiger partial charge in [-0.25, -0.2) is 4.98 Å². The predicted molar refractivity (Wildman–Crippen MR) is 102 cm³/mol. The second-order valence-corrected chi connectivity index (χ2v) is 7.07. The molecular weight excluding hydrogens is 346 g/mol. The van der Waals surface area contributed by atoms with Gasteiger partial charge < -0.3 is 5.11 Å². The zero-order valence-corrected chi connectivity index (χ0v) is 15.0. The number of aliphatic carboxylic acids is 1. The summed E-state index contributed by atoms with van der Waals surface area (Å²) in [5.41, 5.74) is 3.90. The fourth-order valence-electron chi connectivity index (χ4n) is 2.83. The van der Waals surface area contributed by atoms with Gasteiger partial charge in [0.25, 0.3) is 0 Å². The molecule has 0 fully saturated rings. The lowest BCUT2D eigenvalue weighted by Gasteiger charge is -2.09. The van der Waals surface area contributed by atoms with Crippen LogP contribution in [-0.2, 0) is 35.3 Å². The maximum absolute atomic E-state index is 12.5. The van der Waals surface area contributed by atoms with Crippen molar-refractivity contribution in [1.29, 1.82) is 0 Å². The highest BCUT2D eigenvalue weighted by atomic mass is 32.1. The number of ketones is 1. The number of rotatable bonds is 8. The molecule has 0 saturated heterocycles. The van der Waals surface area contributed by atoms with Gasteiger partial charge in [0.2, 0.25) is 0 Å². The van der Waals surface area contributed by atoms with Gasteiger partial charge in [0.05, 0.1) is 18.5 Å². The summed E-state index contributed by atoms with van der Waals surface area (Å²) in [5.74, 6) is -0.829. The predicted octanol–water partition coefficient (Wildman–Crippen LogP) is 3.72. The third-order valence-corrected chi connectivity index (χ3v) is 4.92. The average molecular weight is 365 g/mol. The Labute approximate surface area is 156 Å². The first kappa shape index (κ1) is 18.0.